The number of rotatable bonds is 5. The first-order valence-corrected chi connectivity index (χ1v) is 9.69. The minimum atomic E-state index is 0.225. The van der Waals surface area contributed by atoms with Crippen LogP contribution in [0, 0.1) is 0 Å². The van der Waals surface area contributed by atoms with E-state index >= 15 is 0 Å². The van der Waals surface area contributed by atoms with Crippen LogP contribution in [-0.2, 0) is 11.3 Å². The van der Waals surface area contributed by atoms with Crippen LogP contribution in [0.25, 0.3) is 11.3 Å². The van der Waals surface area contributed by atoms with Crippen molar-refractivity contribution in [3.63, 3.8) is 0 Å². The van der Waals surface area contributed by atoms with Crippen LogP contribution in [0.4, 0.5) is 0 Å². The predicted molar refractivity (Wildman–Crippen MR) is 97.6 cm³/mol. The molecule has 2 aromatic rings. The van der Waals surface area contributed by atoms with Gasteiger partial charge < -0.3 is 9.47 Å². The molecule has 23 heavy (non-hydrogen) atoms. The highest BCUT2D eigenvalue weighted by Gasteiger charge is 2.19. The molecule has 6 heteroatoms. The first-order valence-electron chi connectivity index (χ1n) is 7.91. The fraction of sp³-hybridized carbons (Fsp3) is 0.412. The Hall–Kier alpha value is -1.27. The topological polar surface area (TPSA) is 38.1 Å². The van der Waals surface area contributed by atoms with Gasteiger partial charge in [0.15, 0.2) is 5.16 Å². The fourth-order valence-electron chi connectivity index (χ4n) is 2.81. The number of imidazole rings is 1. The van der Waals surface area contributed by atoms with Crippen molar-refractivity contribution in [2.24, 2.45) is 0 Å². The molecule has 1 aliphatic heterocycles. The number of amides is 1. The van der Waals surface area contributed by atoms with Gasteiger partial charge in [0.2, 0.25) is 5.91 Å². The summed E-state index contributed by atoms with van der Waals surface area (Å²) in [4.78, 5) is 18.7. The lowest BCUT2D eigenvalue weighted by atomic mass is 10.2. The van der Waals surface area contributed by atoms with Gasteiger partial charge >= 0.3 is 0 Å². The van der Waals surface area contributed by atoms with Gasteiger partial charge in [-0.25, -0.2) is 4.98 Å². The zero-order valence-electron chi connectivity index (χ0n) is 13.2. The van der Waals surface area contributed by atoms with E-state index in [2.05, 4.69) is 44.5 Å². The molecular formula is C17H20BrN3OS. The van der Waals surface area contributed by atoms with Crippen LogP contribution >= 0.6 is 27.7 Å². The van der Waals surface area contributed by atoms with Gasteiger partial charge in [-0.15, -0.1) is 0 Å². The number of benzene rings is 1. The van der Waals surface area contributed by atoms with E-state index in [9.17, 15) is 4.79 Å². The normalized spacial score (nSPS) is 14.4. The number of likely N-dealkylation sites (tertiary alicyclic amines) is 1. The van der Waals surface area contributed by atoms with Gasteiger partial charge in [-0.05, 0) is 37.5 Å². The molecule has 0 atom stereocenters. The molecule has 1 amide bonds. The summed E-state index contributed by atoms with van der Waals surface area (Å²) < 4.78 is 3.24. The Labute approximate surface area is 149 Å². The maximum absolute atomic E-state index is 12.2. The second-order valence-electron chi connectivity index (χ2n) is 5.55. The lowest BCUT2D eigenvalue weighted by Gasteiger charge is -2.15. The van der Waals surface area contributed by atoms with E-state index < -0.39 is 0 Å². The molecule has 1 aromatic heterocycles. The van der Waals surface area contributed by atoms with Crippen molar-refractivity contribution in [2.75, 3.05) is 18.8 Å². The van der Waals surface area contributed by atoms with Crippen molar-refractivity contribution >= 4 is 33.6 Å². The molecule has 122 valence electrons. The molecule has 1 aromatic carbocycles. The van der Waals surface area contributed by atoms with Crippen molar-refractivity contribution in [1.82, 2.24) is 14.5 Å². The molecule has 1 saturated heterocycles. The highest BCUT2D eigenvalue weighted by molar-refractivity contribution is 9.10. The molecule has 0 aliphatic carbocycles. The molecule has 2 heterocycles. The highest BCUT2D eigenvalue weighted by Crippen LogP contribution is 2.27. The van der Waals surface area contributed by atoms with Crippen molar-refractivity contribution in [2.45, 2.75) is 31.5 Å². The van der Waals surface area contributed by atoms with Gasteiger partial charge in [-0.3, -0.25) is 4.79 Å². The first kappa shape index (κ1) is 16.6. The lowest BCUT2D eigenvalue weighted by Crippen LogP contribution is -2.29. The molecular weight excluding hydrogens is 374 g/mol. The van der Waals surface area contributed by atoms with Crippen LogP contribution in [0.1, 0.15) is 19.8 Å². The molecule has 3 rings (SSSR count). The summed E-state index contributed by atoms with van der Waals surface area (Å²) in [5.41, 5.74) is 2.23. The van der Waals surface area contributed by atoms with Gasteiger partial charge in [0, 0.05) is 24.1 Å². The second-order valence-corrected chi connectivity index (χ2v) is 7.41. The van der Waals surface area contributed by atoms with Gasteiger partial charge in [0.1, 0.15) is 0 Å². The fourth-order valence-corrected chi connectivity index (χ4v) is 4.02. The number of aromatic nitrogens is 2. The number of hydrogen-bond acceptors (Lipinski definition) is 3. The predicted octanol–water partition coefficient (Wildman–Crippen LogP) is 4.05. The SMILES string of the molecule is CCn1c(-c2ccc(Br)cc2)cnc1SCC(=O)N1CCCC1. The maximum Gasteiger partial charge on any atom is 0.233 e. The number of carbonyl (C=O) groups is 1. The third kappa shape index (κ3) is 3.80. The summed E-state index contributed by atoms with van der Waals surface area (Å²) in [5.74, 6) is 0.694. The molecule has 0 radical (unpaired) electrons. The summed E-state index contributed by atoms with van der Waals surface area (Å²) in [5, 5.41) is 0.915. The summed E-state index contributed by atoms with van der Waals surface area (Å²) in [6, 6.07) is 8.23. The van der Waals surface area contributed by atoms with E-state index in [1.54, 1.807) is 0 Å². The van der Waals surface area contributed by atoms with E-state index in [1.807, 2.05) is 23.2 Å². The van der Waals surface area contributed by atoms with Crippen molar-refractivity contribution in [1.29, 1.82) is 0 Å². The zero-order chi connectivity index (χ0) is 16.2. The van der Waals surface area contributed by atoms with Crippen molar-refractivity contribution < 1.29 is 4.79 Å². The molecule has 4 nitrogen and oxygen atoms in total. The standard InChI is InChI=1S/C17H20BrN3OS/c1-2-21-15(13-5-7-14(18)8-6-13)11-19-17(21)23-12-16(22)20-9-3-4-10-20/h5-8,11H,2-4,9-10,12H2,1H3. The molecule has 0 N–H and O–H groups in total. The first-order chi connectivity index (χ1) is 11.2. The average Bonchev–Trinajstić information content (AvgIpc) is 3.22. The Kier molecular flexibility index (Phi) is 5.43. The number of nitrogens with zero attached hydrogens (tertiary/aromatic N) is 3. The van der Waals surface area contributed by atoms with Crippen molar-refractivity contribution in [3.8, 4) is 11.3 Å². The van der Waals surface area contributed by atoms with Gasteiger partial charge in [-0.1, -0.05) is 39.8 Å². The summed E-state index contributed by atoms with van der Waals surface area (Å²) >= 11 is 5.00. The molecule has 1 fully saturated rings. The van der Waals surface area contributed by atoms with Crippen LogP contribution in [0.15, 0.2) is 40.1 Å². The summed E-state index contributed by atoms with van der Waals surface area (Å²) in [7, 11) is 0. The Morgan fingerprint density at radius 3 is 2.61 bits per heavy atom. The zero-order valence-corrected chi connectivity index (χ0v) is 15.6. The van der Waals surface area contributed by atoms with E-state index in [1.165, 1.54) is 11.8 Å². The van der Waals surface area contributed by atoms with Crippen LogP contribution in [0.5, 0.6) is 0 Å². The molecule has 0 unspecified atom stereocenters. The second kappa shape index (κ2) is 7.53. The van der Waals surface area contributed by atoms with E-state index in [-0.39, 0.29) is 5.91 Å². The Morgan fingerprint density at radius 2 is 1.96 bits per heavy atom. The number of carbonyl (C=O) groups excluding carboxylic acids is 1. The molecule has 1 aliphatic rings. The van der Waals surface area contributed by atoms with Crippen LogP contribution in [0.3, 0.4) is 0 Å². The number of thioether (sulfide) groups is 1. The summed E-state index contributed by atoms with van der Waals surface area (Å²) in [6.07, 6.45) is 4.16. The summed E-state index contributed by atoms with van der Waals surface area (Å²) in [6.45, 7) is 4.76. The van der Waals surface area contributed by atoms with Crippen LogP contribution in [0.2, 0.25) is 0 Å². The third-order valence-corrected chi connectivity index (χ3v) is 5.56. The van der Waals surface area contributed by atoms with E-state index in [4.69, 9.17) is 0 Å². The average molecular weight is 394 g/mol. The van der Waals surface area contributed by atoms with Crippen LogP contribution < -0.4 is 0 Å². The third-order valence-electron chi connectivity index (χ3n) is 4.06. The monoisotopic (exact) mass is 393 g/mol. The maximum atomic E-state index is 12.2. The van der Waals surface area contributed by atoms with Crippen molar-refractivity contribution in [3.05, 3.63) is 34.9 Å². The quantitative estimate of drug-likeness (QED) is 0.719. The Morgan fingerprint density at radius 1 is 1.26 bits per heavy atom. The minimum Gasteiger partial charge on any atom is -0.342 e. The van der Waals surface area contributed by atoms with Crippen LogP contribution in [-0.4, -0.2) is 39.2 Å². The van der Waals surface area contributed by atoms with E-state index in [0.29, 0.717) is 5.75 Å². The smallest absolute Gasteiger partial charge is 0.233 e. The molecule has 0 saturated carbocycles. The largest absolute Gasteiger partial charge is 0.342 e. The van der Waals surface area contributed by atoms with Gasteiger partial charge in [0.25, 0.3) is 0 Å². The van der Waals surface area contributed by atoms with Gasteiger partial charge in [-0.2, -0.15) is 0 Å². The van der Waals surface area contributed by atoms with E-state index in [0.717, 1.165) is 53.4 Å². The number of hydrogen-bond donors (Lipinski definition) is 0. The Balaban J connectivity index is 1.73. The minimum absolute atomic E-state index is 0.225. The Bertz CT molecular complexity index is 678. The number of halogens is 1. The highest BCUT2D eigenvalue weighted by atomic mass is 79.9. The lowest BCUT2D eigenvalue weighted by molar-refractivity contribution is -0.127. The molecule has 0 bridgehead atoms. The van der Waals surface area contributed by atoms with Gasteiger partial charge in [0.05, 0.1) is 17.6 Å². The molecule has 0 spiro atoms.